The molecule has 2 unspecified atom stereocenters. The van der Waals surface area contributed by atoms with E-state index in [-0.39, 0.29) is 99.3 Å². The second kappa shape index (κ2) is 7.97. The summed E-state index contributed by atoms with van der Waals surface area (Å²) in [6.45, 7) is 4.21. The molecule has 0 aromatic rings. The number of carbonyl (C=O) groups is 3. The third-order valence-electron chi connectivity index (χ3n) is 9.94. The van der Waals surface area contributed by atoms with Crippen molar-refractivity contribution in [3.8, 4) is 0 Å². The standard InChI is InChI=1S/C24H32O7.K/c1-21-7-4-14(25)10-13(21)11-15(20(28)30-3)19-16-5-8-23(29,9-6-18(26)27)22(16,2)12-17-24(19,21)31-17;/h10,15-17,19,29H,4-9,11-12H2,1-3H3,(H,26,27);/q;+1/p-1/t15?,16-,17?,19-,21-,22-,23-,24+;/m0./s1. The Bertz CT molecular complexity index is 901. The van der Waals surface area contributed by atoms with E-state index in [1.54, 1.807) is 6.08 Å². The van der Waals surface area contributed by atoms with Crippen LogP contribution in [0, 0.1) is 28.6 Å². The maximum absolute atomic E-state index is 13.0. The molecule has 0 amide bonds. The summed E-state index contributed by atoms with van der Waals surface area (Å²) >= 11 is 0. The van der Waals surface area contributed by atoms with Gasteiger partial charge < -0.3 is 24.5 Å². The molecule has 5 aliphatic rings. The fourth-order valence-electron chi connectivity index (χ4n) is 8.22. The van der Waals surface area contributed by atoms with Crippen LogP contribution in [0.5, 0.6) is 0 Å². The van der Waals surface area contributed by atoms with Crippen LogP contribution in [-0.4, -0.2) is 47.2 Å². The first-order chi connectivity index (χ1) is 14.5. The Morgan fingerprint density at radius 1 is 1.31 bits per heavy atom. The topological polar surface area (TPSA) is 116 Å². The van der Waals surface area contributed by atoms with Gasteiger partial charge in [0.15, 0.2) is 5.78 Å². The molecule has 0 aromatic carbocycles. The summed E-state index contributed by atoms with van der Waals surface area (Å²) < 4.78 is 11.7. The number of carboxylic acids is 1. The Balaban J connectivity index is 0.00000245. The zero-order valence-electron chi connectivity index (χ0n) is 19.4. The monoisotopic (exact) mass is 470 g/mol. The molecule has 0 radical (unpaired) electrons. The maximum atomic E-state index is 13.0. The molecule has 5 rings (SSSR count). The fraction of sp³-hybridized carbons (Fsp3) is 0.792. The molecule has 8 heteroatoms. The van der Waals surface area contributed by atoms with Gasteiger partial charge in [0.05, 0.1) is 24.7 Å². The molecule has 1 spiro atoms. The summed E-state index contributed by atoms with van der Waals surface area (Å²) in [5.41, 5.74) is -1.53. The van der Waals surface area contributed by atoms with Crippen molar-refractivity contribution >= 4 is 17.7 Å². The predicted octanol–water partition coefficient (Wildman–Crippen LogP) is -1.69. The van der Waals surface area contributed by atoms with Gasteiger partial charge in [0.25, 0.3) is 0 Å². The van der Waals surface area contributed by atoms with Crippen LogP contribution in [0.1, 0.15) is 65.2 Å². The molecule has 1 N–H and O–H groups in total. The third-order valence-corrected chi connectivity index (χ3v) is 9.94. The molecule has 4 fully saturated rings. The van der Waals surface area contributed by atoms with Crippen molar-refractivity contribution in [1.82, 2.24) is 0 Å². The molecule has 1 heterocycles. The number of ketones is 1. The van der Waals surface area contributed by atoms with Crippen molar-refractivity contribution in [1.29, 1.82) is 0 Å². The van der Waals surface area contributed by atoms with Crippen molar-refractivity contribution in [2.45, 2.75) is 82.5 Å². The van der Waals surface area contributed by atoms with Crippen LogP contribution in [0.25, 0.3) is 0 Å². The van der Waals surface area contributed by atoms with Gasteiger partial charge in [-0.15, -0.1) is 0 Å². The van der Waals surface area contributed by atoms with Crippen LogP contribution in [0.3, 0.4) is 0 Å². The molecule has 1 saturated heterocycles. The number of fused-ring (bicyclic) bond motifs is 3. The van der Waals surface area contributed by atoms with E-state index in [2.05, 4.69) is 6.92 Å². The normalized spacial score (nSPS) is 48.2. The van der Waals surface area contributed by atoms with Gasteiger partial charge in [-0.25, -0.2) is 0 Å². The van der Waals surface area contributed by atoms with Crippen LogP contribution >= 0.6 is 0 Å². The summed E-state index contributed by atoms with van der Waals surface area (Å²) in [4.78, 5) is 36.3. The number of aliphatic carboxylic acids is 1. The second-order valence-electron chi connectivity index (χ2n) is 10.9. The minimum atomic E-state index is -1.16. The van der Waals surface area contributed by atoms with Crippen LogP contribution < -0.4 is 56.5 Å². The van der Waals surface area contributed by atoms with Gasteiger partial charge in [-0.05, 0) is 56.9 Å². The van der Waals surface area contributed by atoms with Gasteiger partial charge >= 0.3 is 57.4 Å². The Hall–Kier alpha value is -0.0936. The molecular weight excluding hydrogens is 439 g/mol. The molecule has 0 bridgehead atoms. The van der Waals surface area contributed by atoms with Crippen LogP contribution in [0.4, 0.5) is 0 Å². The second-order valence-corrected chi connectivity index (χ2v) is 10.9. The number of esters is 1. The van der Waals surface area contributed by atoms with Gasteiger partial charge in [-0.3, -0.25) is 9.59 Å². The first kappa shape index (κ1) is 25.0. The van der Waals surface area contributed by atoms with Crippen molar-refractivity contribution in [2.24, 2.45) is 28.6 Å². The maximum Gasteiger partial charge on any atom is 1.00 e. The number of ether oxygens (including phenoxy) is 2. The number of rotatable bonds is 4. The van der Waals surface area contributed by atoms with E-state index < -0.39 is 28.5 Å². The number of methoxy groups -OCH3 is 1. The first-order valence-electron chi connectivity index (χ1n) is 11.4. The van der Waals surface area contributed by atoms with Crippen molar-refractivity contribution in [3.05, 3.63) is 11.6 Å². The van der Waals surface area contributed by atoms with Crippen LogP contribution in [-0.2, 0) is 23.9 Å². The Morgan fingerprint density at radius 2 is 2.03 bits per heavy atom. The number of hydrogen-bond donors (Lipinski definition) is 1. The van der Waals surface area contributed by atoms with E-state index in [0.717, 1.165) is 5.57 Å². The van der Waals surface area contributed by atoms with E-state index in [0.29, 0.717) is 38.5 Å². The molecular formula is C24H31KO7. The quantitative estimate of drug-likeness (QED) is 0.296. The summed E-state index contributed by atoms with van der Waals surface area (Å²) in [7, 11) is 1.39. The van der Waals surface area contributed by atoms with Crippen molar-refractivity contribution in [3.63, 3.8) is 0 Å². The molecule has 4 aliphatic carbocycles. The summed E-state index contributed by atoms with van der Waals surface area (Å²) in [6.07, 6.45) is 5.06. The number of carbonyl (C=O) groups excluding carboxylic acids is 3. The molecule has 1 aliphatic heterocycles. The largest absolute Gasteiger partial charge is 1.00 e. The van der Waals surface area contributed by atoms with Gasteiger partial charge in [0.2, 0.25) is 0 Å². The summed E-state index contributed by atoms with van der Waals surface area (Å²) in [5.74, 6) is -1.91. The zero-order chi connectivity index (χ0) is 22.4. The van der Waals surface area contributed by atoms with E-state index in [4.69, 9.17) is 9.47 Å². The van der Waals surface area contributed by atoms with Gasteiger partial charge in [0.1, 0.15) is 5.60 Å². The predicted molar refractivity (Wildman–Crippen MR) is 106 cm³/mol. The van der Waals surface area contributed by atoms with Crippen molar-refractivity contribution < 1.29 is 85.5 Å². The Morgan fingerprint density at radius 3 is 2.69 bits per heavy atom. The Labute approximate surface area is 231 Å². The van der Waals surface area contributed by atoms with E-state index >= 15 is 0 Å². The van der Waals surface area contributed by atoms with E-state index in [1.807, 2.05) is 6.92 Å². The third kappa shape index (κ3) is 3.09. The van der Waals surface area contributed by atoms with Crippen LogP contribution in [0.2, 0.25) is 0 Å². The molecule has 0 aromatic heterocycles. The smallest absolute Gasteiger partial charge is 0.550 e. The zero-order valence-corrected chi connectivity index (χ0v) is 22.6. The van der Waals surface area contributed by atoms with Crippen LogP contribution in [0.15, 0.2) is 11.6 Å². The average molecular weight is 471 g/mol. The number of carboxylic acid groups (broad SMARTS) is 1. The van der Waals surface area contributed by atoms with Crippen molar-refractivity contribution in [2.75, 3.05) is 7.11 Å². The summed E-state index contributed by atoms with van der Waals surface area (Å²) in [6, 6.07) is 0. The number of epoxide rings is 1. The number of hydrogen-bond acceptors (Lipinski definition) is 7. The molecule has 170 valence electrons. The molecule has 8 atom stereocenters. The fourth-order valence-corrected chi connectivity index (χ4v) is 8.22. The minimum Gasteiger partial charge on any atom is -0.550 e. The molecule has 32 heavy (non-hydrogen) atoms. The number of aliphatic hydroxyl groups is 1. The van der Waals surface area contributed by atoms with Gasteiger partial charge in [0, 0.05) is 29.1 Å². The van der Waals surface area contributed by atoms with E-state index in [1.165, 1.54) is 7.11 Å². The minimum absolute atomic E-state index is 0. The van der Waals surface area contributed by atoms with Gasteiger partial charge in [-0.2, -0.15) is 0 Å². The molecule has 7 nitrogen and oxygen atoms in total. The first-order valence-corrected chi connectivity index (χ1v) is 11.4. The average Bonchev–Trinajstić information content (AvgIpc) is 3.38. The van der Waals surface area contributed by atoms with E-state index in [9.17, 15) is 24.6 Å². The van der Waals surface area contributed by atoms with Gasteiger partial charge in [-0.1, -0.05) is 19.4 Å². The molecule has 3 saturated carbocycles. The SMILES string of the molecule is COC(=O)C1CC2=CC(=O)CC[C@]2(C)[C@@]23OC2C[C@@]2(C)[C@@H](CC[C@]2(O)CCC(=O)[O-])[C@H]13.[K+]. The Kier molecular flexibility index (Phi) is 6.23. The summed E-state index contributed by atoms with van der Waals surface area (Å²) in [5, 5.41) is 22.7.